The Morgan fingerprint density at radius 2 is 2.08 bits per heavy atom. The minimum absolute atomic E-state index is 0.0300. The second-order valence-corrected chi connectivity index (χ2v) is 8.29. The van der Waals surface area contributed by atoms with E-state index in [0.29, 0.717) is 23.4 Å². The molecule has 6 heteroatoms. The molecule has 0 saturated carbocycles. The average Bonchev–Trinajstić information content (AvgIpc) is 3.15. The van der Waals surface area contributed by atoms with Gasteiger partial charge in [0.05, 0.1) is 5.69 Å². The van der Waals surface area contributed by atoms with E-state index in [1.165, 1.54) is 11.3 Å². The average molecular weight is 371 g/mol. The third-order valence-corrected chi connectivity index (χ3v) is 5.58. The number of nitrogens with zero attached hydrogens (tertiary/aromatic N) is 3. The van der Waals surface area contributed by atoms with Crippen molar-refractivity contribution in [3.8, 4) is 10.6 Å². The van der Waals surface area contributed by atoms with Gasteiger partial charge in [-0.25, -0.2) is 9.97 Å². The van der Waals surface area contributed by atoms with Crippen LogP contribution in [0.2, 0.25) is 0 Å². The third kappa shape index (κ3) is 3.65. The zero-order valence-electron chi connectivity index (χ0n) is 16.0. The number of carbonyl (C=O) groups is 1. The van der Waals surface area contributed by atoms with Gasteiger partial charge in [0.2, 0.25) is 0 Å². The van der Waals surface area contributed by atoms with Crippen molar-refractivity contribution in [2.24, 2.45) is 5.92 Å². The van der Waals surface area contributed by atoms with Gasteiger partial charge in [0.15, 0.2) is 0 Å². The zero-order valence-corrected chi connectivity index (χ0v) is 16.9. The maximum atomic E-state index is 12.5. The predicted molar refractivity (Wildman–Crippen MR) is 108 cm³/mol. The third-order valence-electron chi connectivity index (χ3n) is 4.39. The summed E-state index contributed by atoms with van der Waals surface area (Å²) in [5, 5.41) is 4.95. The largest absolute Gasteiger partial charge is 0.351 e. The molecule has 0 unspecified atom stereocenters. The Labute approximate surface area is 158 Å². The molecule has 0 bridgehead atoms. The number of aromatic nitrogens is 3. The first-order valence-corrected chi connectivity index (χ1v) is 9.91. The van der Waals surface area contributed by atoms with Gasteiger partial charge in [-0.2, -0.15) is 0 Å². The number of hydrogen-bond donors (Lipinski definition) is 1. The van der Waals surface area contributed by atoms with Gasteiger partial charge in [0.25, 0.3) is 5.91 Å². The van der Waals surface area contributed by atoms with Crippen molar-refractivity contribution in [2.45, 2.75) is 47.1 Å². The maximum Gasteiger partial charge on any atom is 0.263 e. The summed E-state index contributed by atoms with van der Waals surface area (Å²) >= 11 is 1.46. The van der Waals surface area contributed by atoms with Crippen molar-refractivity contribution >= 4 is 28.3 Å². The molecule has 0 fully saturated rings. The number of thiazole rings is 1. The van der Waals surface area contributed by atoms with E-state index in [1.54, 1.807) is 0 Å². The molecule has 0 aliphatic carbocycles. The summed E-state index contributed by atoms with van der Waals surface area (Å²) in [7, 11) is 0. The van der Waals surface area contributed by atoms with Gasteiger partial charge in [-0.15, -0.1) is 11.3 Å². The Balaban J connectivity index is 1.94. The number of rotatable bonds is 6. The number of carbonyl (C=O) groups excluding carboxylic acids is 1. The highest BCUT2D eigenvalue weighted by atomic mass is 32.1. The van der Waals surface area contributed by atoms with Gasteiger partial charge in [0, 0.05) is 35.9 Å². The quantitative estimate of drug-likeness (QED) is 0.676. The van der Waals surface area contributed by atoms with Crippen LogP contribution in [-0.4, -0.2) is 27.0 Å². The molecular weight excluding hydrogens is 344 g/mol. The number of nitrogens with one attached hydrogen (secondary N) is 1. The fraction of sp³-hybridized carbons (Fsp3) is 0.450. The van der Waals surface area contributed by atoms with E-state index in [2.05, 4.69) is 59.8 Å². The highest BCUT2D eigenvalue weighted by Crippen LogP contribution is 2.35. The first kappa shape index (κ1) is 18.6. The highest BCUT2D eigenvalue weighted by Gasteiger charge is 2.20. The fourth-order valence-corrected chi connectivity index (χ4v) is 3.93. The summed E-state index contributed by atoms with van der Waals surface area (Å²) in [5.74, 6) is 0.542. The Hall–Kier alpha value is -2.21. The maximum absolute atomic E-state index is 12.5. The molecule has 0 radical (unpaired) electrons. The van der Waals surface area contributed by atoms with E-state index in [0.717, 1.165) is 33.7 Å². The van der Waals surface area contributed by atoms with Gasteiger partial charge >= 0.3 is 0 Å². The molecule has 26 heavy (non-hydrogen) atoms. The molecule has 1 N–H and O–H groups in total. The van der Waals surface area contributed by atoms with E-state index < -0.39 is 0 Å². The Bertz CT molecular complexity index is 923. The van der Waals surface area contributed by atoms with Crippen molar-refractivity contribution in [2.75, 3.05) is 6.54 Å². The van der Waals surface area contributed by atoms with Gasteiger partial charge in [-0.05, 0) is 45.2 Å². The van der Waals surface area contributed by atoms with Gasteiger partial charge < -0.3 is 9.88 Å². The van der Waals surface area contributed by atoms with Crippen LogP contribution in [0.15, 0.2) is 24.5 Å². The summed E-state index contributed by atoms with van der Waals surface area (Å²) in [6.45, 7) is 11.2. The van der Waals surface area contributed by atoms with Crippen LogP contribution >= 0.6 is 11.3 Å². The van der Waals surface area contributed by atoms with Crippen LogP contribution in [0.1, 0.15) is 55.5 Å². The summed E-state index contributed by atoms with van der Waals surface area (Å²) in [5.41, 5.74) is 2.77. The molecule has 0 aliphatic rings. The van der Waals surface area contributed by atoms with E-state index in [9.17, 15) is 4.79 Å². The number of hydrogen-bond acceptors (Lipinski definition) is 4. The van der Waals surface area contributed by atoms with Crippen molar-refractivity contribution in [1.29, 1.82) is 0 Å². The predicted octanol–water partition coefficient (Wildman–Crippen LogP) is 4.83. The molecule has 0 atom stereocenters. The van der Waals surface area contributed by atoms with Crippen LogP contribution in [-0.2, 0) is 0 Å². The molecule has 3 aromatic rings. The summed E-state index contributed by atoms with van der Waals surface area (Å²) in [4.78, 5) is 22.4. The van der Waals surface area contributed by atoms with Crippen molar-refractivity contribution in [1.82, 2.24) is 19.9 Å². The monoisotopic (exact) mass is 370 g/mol. The zero-order chi connectivity index (χ0) is 18.8. The number of amides is 1. The highest BCUT2D eigenvalue weighted by molar-refractivity contribution is 7.17. The number of fused-ring (bicyclic) bond motifs is 1. The van der Waals surface area contributed by atoms with E-state index >= 15 is 0 Å². The lowest BCUT2D eigenvalue weighted by molar-refractivity contribution is 0.0955. The van der Waals surface area contributed by atoms with E-state index in [-0.39, 0.29) is 5.91 Å². The molecule has 0 aliphatic heterocycles. The fourth-order valence-electron chi connectivity index (χ4n) is 2.92. The minimum atomic E-state index is -0.0300. The van der Waals surface area contributed by atoms with Crippen LogP contribution in [0, 0.1) is 12.8 Å². The number of aryl methyl sites for hydroxylation is 1. The lowest BCUT2D eigenvalue weighted by Crippen LogP contribution is -2.25. The van der Waals surface area contributed by atoms with Crippen LogP contribution in [0.4, 0.5) is 0 Å². The lowest BCUT2D eigenvalue weighted by atomic mass is 10.1. The molecule has 138 valence electrons. The molecule has 3 aromatic heterocycles. The van der Waals surface area contributed by atoms with Crippen LogP contribution < -0.4 is 5.32 Å². The topological polar surface area (TPSA) is 59.8 Å². The summed E-state index contributed by atoms with van der Waals surface area (Å²) in [6.07, 6.45) is 4.89. The number of pyridine rings is 1. The second-order valence-electron chi connectivity index (χ2n) is 7.29. The van der Waals surface area contributed by atoms with Crippen molar-refractivity contribution in [3.63, 3.8) is 0 Å². The molecule has 1 amide bonds. The van der Waals surface area contributed by atoms with Gasteiger partial charge in [-0.3, -0.25) is 4.79 Å². The van der Waals surface area contributed by atoms with Gasteiger partial charge in [-0.1, -0.05) is 13.8 Å². The molecule has 3 heterocycles. The molecular formula is C20H26N4OS. The minimum Gasteiger partial charge on any atom is -0.351 e. The van der Waals surface area contributed by atoms with E-state index in [4.69, 9.17) is 0 Å². The van der Waals surface area contributed by atoms with Crippen molar-refractivity contribution in [3.05, 3.63) is 35.1 Å². The van der Waals surface area contributed by atoms with Crippen LogP contribution in [0.5, 0.6) is 0 Å². The summed E-state index contributed by atoms with van der Waals surface area (Å²) in [6, 6.07) is 4.31. The first-order chi connectivity index (χ1) is 12.4. The Morgan fingerprint density at radius 1 is 1.31 bits per heavy atom. The molecule has 5 nitrogen and oxygen atoms in total. The van der Waals surface area contributed by atoms with Crippen molar-refractivity contribution < 1.29 is 4.79 Å². The van der Waals surface area contributed by atoms with Crippen LogP contribution in [0.25, 0.3) is 21.6 Å². The Morgan fingerprint density at radius 3 is 2.77 bits per heavy atom. The van der Waals surface area contributed by atoms with E-state index in [1.807, 2.05) is 19.2 Å². The molecule has 0 saturated heterocycles. The Kier molecular flexibility index (Phi) is 5.41. The smallest absolute Gasteiger partial charge is 0.263 e. The van der Waals surface area contributed by atoms with Crippen LogP contribution in [0.3, 0.4) is 0 Å². The summed E-state index contributed by atoms with van der Waals surface area (Å²) < 4.78 is 2.16. The van der Waals surface area contributed by atoms with Gasteiger partial charge in [0.1, 0.15) is 15.5 Å². The normalized spacial score (nSPS) is 11.7. The molecule has 0 spiro atoms. The SMILES string of the molecule is Cc1nc(-c2cn(C(C)C)c3ncccc23)sc1C(=O)NCCC(C)C. The standard InChI is InChI=1S/C20H26N4OS/c1-12(2)8-10-22-19(25)17-14(5)23-20(26-17)16-11-24(13(3)4)18-15(16)7-6-9-21-18/h6-7,9,11-13H,8,10H2,1-5H3,(H,22,25). The molecule has 3 rings (SSSR count). The lowest BCUT2D eigenvalue weighted by Gasteiger charge is -2.07. The second kappa shape index (κ2) is 7.58. The molecule has 0 aromatic carbocycles. The first-order valence-electron chi connectivity index (χ1n) is 9.10.